The normalized spacial score (nSPS) is 11.5. The Balaban J connectivity index is 2.19. The van der Waals surface area contributed by atoms with Crippen LogP contribution in [-0.4, -0.2) is 36.7 Å². The molecule has 146 valence electrons. The average molecular weight is 415 g/mol. The summed E-state index contributed by atoms with van der Waals surface area (Å²) in [5.74, 6) is -2.76. The molecule has 0 aliphatic rings. The van der Waals surface area contributed by atoms with Gasteiger partial charge >= 0.3 is 12.1 Å². The molecule has 0 radical (unpaired) electrons. The summed E-state index contributed by atoms with van der Waals surface area (Å²) in [6.07, 6.45) is -0.495. The van der Waals surface area contributed by atoms with Crippen LogP contribution in [0.4, 0.5) is 13.2 Å². The van der Waals surface area contributed by atoms with Gasteiger partial charge in [-0.2, -0.15) is 17.9 Å². The predicted molar refractivity (Wildman–Crippen MR) is 89.6 cm³/mol. The van der Waals surface area contributed by atoms with Gasteiger partial charge in [-0.05, 0) is 6.07 Å². The third kappa shape index (κ3) is 3.75. The number of aromatic nitrogens is 4. The highest BCUT2D eigenvalue weighted by Gasteiger charge is 2.42. The van der Waals surface area contributed by atoms with Crippen LogP contribution < -0.4 is 10.4 Å². The van der Waals surface area contributed by atoms with E-state index < -0.39 is 24.3 Å². The average Bonchev–Trinajstić information content (AvgIpc) is 2.97. The zero-order chi connectivity index (χ0) is 20.5. The Bertz CT molecular complexity index is 1080. The summed E-state index contributed by atoms with van der Waals surface area (Å²) in [6, 6.07) is 4.15. The molecule has 3 heterocycles. The van der Waals surface area contributed by atoms with E-state index in [2.05, 4.69) is 14.8 Å². The van der Waals surface area contributed by atoms with Crippen molar-refractivity contribution in [3.05, 3.63) is 63.9 Å². The van der Waals surface area contributed by atoms with Gasteiger partial charge in [0.2, 0.25) is 0 Å². The van der Waals surface area contributed by atoms with Crippen LogP contribution in [0.15, 0.2) is 47.8 Å². The first-order chi connectivity index (χ1) is 13.2. The molecule has 3 aromatic rings. The van der Waals surface area contributed by atoms with Crippen LogP contribution in [0, 0.1) is 0 Å². The number of carbonyl (C=O) groups is 1. The molecule has 8 nitrogen and oxygen atoms in total. The zero-order valence-electron chi connectivity index (χ0n) is 13.7. The largest absolute Gasteiger partial charge is 0.493 e. The lowest BCUT2D eigenvalue weighted by Gasteiger charge is -2.12. The van der Waals surface area contributed by atoms with Gasteiger partial charge in [-0.3, -0.25) is 9.78 Å². The molecule has 0 aliphatic carbocycles. The second-order valence-corrected chi connectivity index (χ2v) is 5.78. The van der Waals surface area contributed by atoms with Crippen molar-refractivity contribution in [3.63, 3.8) is 0 Å². The maximum absolute atomic E-state index is 12.8. The molecule has 0 saturated heterocycles. The summed E-state index contributed by atoms with van der Waals surface area (Å²) < 4.78 is 38.4. The summed E-state index contributed by atoms with van der Waals surface area (Å²) >= 11 is 5.96. The van der Waals surface area contributed by atoms with Crippen LogP contribution >= 0.6 is 11.6 Å². The van der Waals surface area contributed by atoms with Gasteiger partial charge in [0.25, 0.3) is 5.56 Å². The summed E-state index contributed by atoms with van der Waals surface area (Å²) in [6.45, 7) is -0.438. The fraction of sp³-hybridized carbons (Fsp3) is 0.125. The molecular formula is C16H10ClF3N4O4. The van der Waals surface area contributed by atoms with E-state index in [-0.39, 0.29) is 27.5 Å². The monoisotopic (exact) mass is 414 g/mol. The lowest BCUT2D eigenvalue weighted by atomic mass is 10.2. The highest BCUT2D eigenvalue weighted by molar-refractivity contribution is 6.31. The van der Waals surface area contributed by atoms with E-state index in [0.29, 0.717) is 9.53 Å². The Morgan fingerprint density at radius 2 is 2.07 bits per heavy atom. The third-order valence-corrected chi connectivity index (χ3v) is 3.89. The Hall–Kier alpha value is -3.18. The van der Waals surface area contributed by atoms with Gasteiger partial charge in [-0.15, -0.1) is 4.85 Å². The number of carbonyl (C=O) groups excluding carboxylic acids is 1. The molecule has 3 rings (SSSR count). The molecule has 12 heteroatoms. The minimum atomic E-state index is -5.29. The Morgan fingerprint density at radius 3 is 2.64 bits per heavy atom. The minimum Gasteiger partial charge on any atom is -0.392 e. The Labute approximate surface area is 159 Å². The number of nitrogens with zero attached hydrogens (tertiary/aromatic N) is 4. The number of aliphatic hydroxyl groups excluding tert-OH is 1. The fourth-order valence-electron chi connectivity index (χ4n) is 2.24. The van der Waals surface area contributed by atoms with Crippen molar-refractivity contribution in [3.8, 4) is 16.9 Å². The molecule has 0 unspecified atom stereocenters. The van der Waals surface area contributed by atoms with Crippen LogP contribution in [0.1, 0.15) is 5.56 Å². The molecule has 28 heavy (non-hydrogen) atoms. The van der Waals surface area contributed by atoms with Gasteiger partial charge in [0.1, 0.15) is 0 Å². The molecule has 0 saturated carbocycles. The van der Waals surface area contributed by atoms with Crippen molar-refractivity contribution in [2.75, 3.05) is 0 Å². The number of aliphatic hydroxyl groups is 1. The Kier molecular flexibility index (Phi) is 5.21. The second-order valence-electron chi connectivity index (χ2n) is 5.37. The number of halogens is 4. The standard InChI is InChI=1S/C16H10ClF3N4O4/c17-12-4-13(22-6-10(12)8-25)24-14(26)11(9-2-1-3-21-5-9)7-23(24)28-15(27)16(18,19)20/h1-7,25H,8H2. The van der Waals surface area contributed by atoms with Crippen LogP contribution in [0.25, 0.3) is 16.9 Å². The number of hydrogen-bond donors (Lipinski definition) is 1. The summed E-state index contributed by atoms with van der Waals surface area (Å²) in [4.78, 5) is 36.4. The first kappa shape index (κ1) is 19.6. The molecule has 3 aromatic heterocycles. The van der Waals surface area contributed by atoms with Crippen LogP contribution in [0.2, 0.25) is 5.02 Å². The second kappa shape index (κ2) is 7.44. The molecule has 0 bridgehead atoms. The molecule has 0 aliphatic heterocycles. The Morgan fingerprint density at radius 1 is 1.32 bits per heavy atom. The van der Waals surface area contributed by atoms with Crippen molar-refractivity contribution in [2.24, 2.45) is 0 Å². The smallest absolute Gasteiger partial charge is 0.392 e. The lowest BCUT2D eigenvalue weighted by Crippen LogP contribution is -2.37. The maximum Gasteiger partial charge on any atom is 0.493 e. The minimum absolute atomic E-state index is 0.0113. The highest BCUT2D eigenvalue weighted by atomic mass is 35.5. The summed E-state index contributed by atoms with van der Waals surface area (Å²) in [5.41, 5.74) is -0.409. The van der Waals surface area contributed by atoms with Crippen molar-refractivity contribution in [2.45, 2.75) is 12.8 Å². The van der Waals surface area contributed by atoms with E-state index in [0.717, 1.165) is 18.5 Å². The van der Waals surface area contributed by atoms with Crippen molar-refractivity contribution >= 4 is 17.6 Å². The summed E-state index contributed by atoms with van der Waals surface area (Å²) in [7, 11) is 0. The van der Waals surface area contributed by atoms with Crippen molar-refractivity contribution in [1.29, 1.82) is 0 Å². The van der Waals surface area contributed by atoms with Gasteiger partial charge in [0, 0.05) is 35.8 Å². The molecule has 0 fully saturated rings. The van der Waals surface area contributed by atoms with Gasteiger partial charge in [-0.25, -0.2) is 9.78 Å². The van der Waals surface area contributed by atoms with E-state index in [1.54, 1.807) is 0 Å². The quantitative estimate of drug-likeness (QED) is 0.698. The van der Waals surface area contributed by atoms with Crippen LogP contribution in [-0.2, 0) is 11.4 Å². The number of rotatable bonds is 4. The molecule has 1 N–H and O–H groups in total. The number of hydrogen-bond acceptors (Lipinski definition) is 6. The fourth-order valence-corrected chi connectivity index (χ4v) is 2.44. The first-order valence-electron chi connectivity index (χ1n) is 7.52. The molecule has 0 aromatic carbocycles. The van der Waals surface area contributed by atoms with Crippen LogP contribution in [0.3, 0.4) is 0 Å². The SMILES string of the molecule is O=C(On1cc(-c2cccnc2)c(=O)n1-c1cc(Cl)c(CO)cn1)C(F)(F)F. The predicted octanol–water partition coefficient (Wildman–Crippen LogP) is 1.76. The summed E-state index contributed by atoms with van der Waals surface area (Å²) in [5, 5.41) is 9.16. The third-order valence-electron chi connectivity index (χ3n) is 3.54. The van der Waals surface area contributed by atoms with Gasteiger partial charge < -0.3 is 9.94 Å². The van der Waals surface area contributed by atoms with E-state index in [1.165, 1.54) is 24.5 Å². The van der Waals surface area contributed by atoms with Crippen LogP contribution in [0.5, 0.6) is 0 Å². The molecular weight excluding hydrogens is 405 g/mol. The lowest BCUT2D eigenvalue weighted by molar-refractivity contribution is -0.202. The first-order valence-corrected chi connectivity index (χ1v) is 7.90. The van der Waals surface area contributed by atoms with E-state index >= 15 is 0 Å². The van der Waals surface area contributed by atoms with Gasteiger partial charge in [-0.1, -0.05) is 17.7 Å². The van der Waals surface area contributed by atoms with E-state index in [9.17, 15) is 22.8 Å². The van der Waals surface area contributed by atoms with E-state index in [4.69, 9.17) is 16.7 Å². The van der Waals surface area contributed by atoms with Gasteiger partial charge in [0.05, 0.1) is 23.4 Å². The zero-order valence-corrected chi connectivity index (χ0v) is 14.5. The highest BCUT2D eigenvalue weighted by Crippen LogP contribution is 2.21. The molecule has 0 amide bonds. The topological polar surface area (TPSA) is 99.2 Å². The van der Waals surface area contributed by atoms with E-state index in [1.807, 2.05) is 0 Å². The van der Waals surface area contributed by atoms with Gasteiger partial charge in [0.15, 0.2) is 5.82 Å². The molecule has 0 atom stereocenters. The molecule has 0 spiro atoms. The number of alkyl halides is 3. The maximum atomic E-state index is 12.8. The van der Waals surface area contributed by atoms with Crippen molar-refractivity contribution in [1.82, 2.24) is 19.5 Å². The number of pyridine rings is 2. The van der Waals surface area contributed by atoms with Crippen molar-refractivity contribution < 1.29 is 27.9 Å².